The van der Waals surface area contributed by atoms with Gasteiger partial charge in [-0.15, -0.1) is 0 Å². The van der Waals surface area contributed by atoms with Gasteiger partial charge in [-0.25, -0.2) is 0 Å². The lowest BCUT2D eigenvalue weighted by Gasteiger charge is -2.29. The van der Waals surface area contributed by atoms with Crippen molar-refractivity contribution in [1.29, 1.82) is 0 Å². The quantitative estimate of drug-likeness (QED) is 0.873. The molecule has 2 unspecified atom stereocenters. The highest BCUT2D eigenvalue weighted by atomic mass is 16.6. The fourth-order valence-corrected chi connectivity index (χ4v) is 2.97. The predicted molar refractivity (Wildman–Crippen MR) is 77.2 cm³/mol. The molecule has 1 aromatic rings. The Balaban J connectivity index is 1.55. The van der Waals surface area contributed by atoms with Crippen LogP contribution in [0.3, 0.4) is 0 Å². The van der Waals surface area contributed by atoms with Crippen molar-refractivity contribution in [2.24, 2.45) is 0 Å². The molecule has 5 nitrogen and oxygen atoms in total. The zero-order chi connectivity index (χ0) is 13.8. The Kier molecular flexibility index (Phi) is 4.38. The second-order valence-electron chi connectivity index (χ2n) is 5.55. The molecule has 0 spiro atoms. The first-order chi connectivity index (χ1) is 9.85. The number of nitrogens with zero attached hydrogens (tertiary/aromatic N) is 1. The van der Waals surface area contributed by atoms with Gasteiger partial charge in [0.15, 0.2) is 11.5 Å². The van der Waals surface area contributed by atoms with Crippen LogP contribution in [0.15, 0.2) is 12.3 Å². The van der Waals surface area contributed by atoms with Crippen molar-refractivity contribution >= 4 is 0 Å². The molecule has 0 bridgehead atoms. The van der Waals surface area contributed by atoms with Gasteiger partial charge in [0.05, 0.1) is 11.9 Å². The molecule has 2 atom stereocenters. The summed E-state index contributed by atoms with van der Waals surface area (Å²) in [5, 5.41) is 6.99. The van der Waals surface area contributed by atoms with E-state index in [0.29, 0.717) is 25.3 Å². The summed E-state index contributed by atoms with van der Waals surface area (Å²) in [6.45, 7) is 2.02. The number of hydrogen-bond donors (Lipinski definition) is 2. The smallest absolute Gasteiger partial charge is 0.179 e. The summed E-state index contributed by atoms with van der Waals surface area (Å²) in [5.74, 6) is 1.58. The van der Waals surface area contributed by atoms with Crippen LogP contribution in [0, 0.1) is 0 Å². The molecule has 2 N–H and O–H groups in total. The van der Waals surface area contributed by atoms with Gasteiger partial charge < -0.3 is 20.1 Å². The van der Waals surface area contributed by atoms with Crippen LogP contribution in [-0.4, -0.2) is 37.3 Å². The number of ether oxygens (including phenoxy) is 2. The van der Waals surface area contributed by atoms with E-state index in [1.54, 1.807) is 6.20 Å². The molecule has 1 aliphatic heterocycles. The fourth-order valence-electron chi connectivity index (χ4n) is 2.97. The standard InChI is InChI=1S/C15H23N3O2/c1-16-11-3-2-4-12(7-11)17-9-13-8-14-15(10-18-13)20-6-5-19-14/h8,10-12,16-17H,2-7,9H2,1H3. The van der Waals surface area contributed by atoms with Gasteiger partial charge >= 0.3 is 0 Å². The minimum atomic E-state index is 0.580. The van der Waals surface area contributed by atoms with Gasteiger partial charge in [0.25, 0.3) is 0 Å². The van der Waals surface area contributed by atoms with Gasteiger partial charge in [0, 0.05) is 24.7 Å². The van der Waals surface area contributed by atoms with Crippen molar-refractivity contribution in [1.82, 2.24) is 15.6 Å². The van der Waals surface area contributed by atoms with Crippen molar-refractivity contribution < 1.29 is 9.47 Å². The highest BCUT2D eigenvalue weighted by molar-refractivity contribution is 5.39. The molecule has 20 heavy (non-hydrogen) atoms. The van der Waals surface area contributed by atoms with E-state index in [4.69, 9.17) is 9.47 Å². The van der Waals surface area contributed by atoms with E-state index in [0.717, 1.165) is 23.7 Å². The molecule has 110 valence electrons. The molecule has 0 amide bonds. The Hall–Kier alpha value is -1.33. The van der Waals surface area contributed by atoms with Gasteiger partial charge in [0.2, 0.25) is 0 Å². The van der Waals surface area contributed by atoms with Crippen LogP contribution >= 0.6 is 0 Å². The molecule has 2 aliphatic rings. The van der Waals surface area contributed by atoms with Gasteiger partial charge in [-0.1, -0.05) is 6.42 Å². The van der Waals surface area contributed by atoms with Crippen LogP contribution in [0.4, 0.5) is 0 Å². The summed E-state index contributed by atoms with van der Waals surface area (Å²) >= 11 is 0. The number of hydrogen-bond acceptors (Lipinski definition) is 5. The minimum Gasteiger partial charge on any atom is -0.486 e. The van der Waals surface area contributed by atoms with E-state index in [1.807, 2.05) is 6.07 Å². The lowest BCUT2D eigenvalue weighted by Crippen LogP contribution is -2.40. The number of fused-ring (bicyclic) bond motifs is 1. The summed E-state index contributed by atoms with van der Waals surface area (Å²) < 4.78 is 11.1. The maximum absolute atomic E-state index is 5.59. The molecule has 0 aromatic carbocycles. The third-order valence-corrected chi connectivity index (χ3v) is 4.14. The maximum atomic E-state index is 5.59. The van der Waals surface area contributed by atoms with E-state index < -0.39 is 0 Å². The molecule has 3 rings (SSSR count). The van der Waals surface area contributed by atoms with Crippen LogP contribution in [0.5, 0.6) is 11.5 Å². The van der Waals surface area contributed by atoms with Crippen LogP contribution in [0.1, 0.15) is 31.4 Å². The summed E-state index contributed by atoms with van der Waals surface area (Å²) in [7, 11) is 2.05. The van der Waals surface area contributed by atoms with Crippen LogP contribution in [0.25, 0.3) is 0 Å². The van der Waals surface area contributed by atoms with E-state index in [-0.39, 0.29) is 0 Å². The molecule has 1 saturated carbocycles. The van der Waals surface area contributed by atoms with Gasteiger partial charge in [0.1, 0.15) is 13.2 Å². The lowest BCUT2D eigenvalue weighted by molar-refractivity contribution is 0.170. The van der Waals surface area contributed by atoms with Crippen molar-refractivity contribution in [3.63, 3.8) is 0 Å². The van der Waals surface area contributed by atoms with E-state index in [9.17, 15) is 0 Å². The number of nitrogens with one attached hydrogen (secondary N) is 2. The first-order valence-corrected chi connectivity index (χ1v) is 7.50. The average Bonchev–Trinajstić information content (AvgIpc) is 2.53. The summed E-state index contributed by atoms with van der Waals surface area (Å²) in [4.78, 5) is 4.43. The van der Waals surface area contributed by atoms with E-state index in [2.05, 4.69) is 22.7 Å². The highest BCUT2D eigenvalue weighted by Gasteiger charge is 2.20. The Labute approximate surface area is 120 Å². The first-order valence-electron chi connectivity index (χ1n) is 7.50. The molecular weight excluding hydrogens is 254 g/mol. The highest BCUT2D eigenvalue weighted by Crippen LogP contribution is 2.29. The van der Waals surface area contributed by atoms with E-state index in [1.165, 1.54) is 25.7 Å². The Morgan fingerprint density at radius 3 is 2.85 bits per heavy atom. The van der Waals surface area contributed by atoms with Gasteiger partial charge in [-0.2, -0.15) is 0 Å². The predicted octanol–water partition coefficient (Wildman–Crippen LogP) is 1.47. The number of pyridine rings is 1. The second kappa shape index (κ2) is 6.41. The largest absolute Gasteiger partial charge is 0.486 e. The maximum Gasteiger partial charge on any atom is 0.179 e. The zero-order valence-corrected chi connectivity index (χ0v) is 12.0. The molecular formula is C15H23N3O2. The van der Waals surface area contributed by atoms with Gasteiger partial charge in [-0.05, 0) is 26.3 Å². The Morgan fingerprint density at radius 2 is 2.00 bits per heavy atom. The summed E-state index contributed by atoms with van der Waals surface area (Å²) in [6, 6.07) is 3.21. The van der Waals surface area contributed by atoms with Crippen LogP contribution in [-0.2, 0) is 6.54 Å². The number of rotatable bonds is 4. The molecule has 5 heteroatoms. The van der Waals surface area contributed by atoms with Gasteiger partial charge in [-0.3, -0.25) is 4.98 Å². The third-order valence-electron chi connectivity index (χ3n) is 4.14. The Bertz CT molecular complexity index is 453. The van der Waals surface area contributed by atoms with Crippen molar-refractivity contribution in [2.75, 3.05) is 20.3 Å². The normalized spacial score (nSPS) is 25.4. The van der Waals surface area contributed by atoms with Crippen molar-refractivity contribution in [3.05, 3.63) is 18.0 Å². The molecule has 0 radical (unpaired) electrons. The van der Waals surface area contributed by atoms with Crippen LogP contribution in [0.2, 0.25) is 0 Å². The molecule has 1 aromatic heterocycles. The molecule has 1 fully saturated rings. The fraction of sp³-hybridized carbons (Fsp3) is 0.667. The molecule has 2 heterocycles. The first kappa shape index (κ1) is 13.6. The molecule has 1 aliphatic carbocycles. The second-order valence-corrected chi connectivity index (χ2v) is 5.55. The van der Waals surface area contributed by atoms with Crippen molar-refractivity contribution in [3.8, 4) is 11.5 Å². The monoisotopic (exact) mass is 277 g/mol. The van der Waals surface area contributed by atoms with E-state index >= 15 is 0 Å². The zero-order valence-electron chi connectivity index (χ0n) is 12.0. The van der Waals surface area contributed by atoms with Crippen molar-refractivity contribution in [2.45, 2.75) is 44.3 Å². The molecule has 0 saturated heterocycles. The SMILES string of the molecule is CNC1CCCC(NCc2cc3c(cn2)OCCO3)C1. The minimum absolute atomic E-state index is 0.580. The third kappa shape index (κ3) is 3.22. The number of aromatic nitrogens is 1. The van der Waals surface area contributed by atoms with Crippen LogP contribution < -0.4 is 20.1 Å². The summed E-state index contributed by atoms with van der Waals surface area (Å²) in [6.07, 6.45) is 6.79. The Morgan fingerprint density at radius 1 is 1.20 bits per heavy atom. The lowest BCUT2D eigenvalue weighted by atomic mass is 9.91. The topological polar surface area (TPSA) is 55.4 Å². The summed E-state index contributed by atoms with van der Waals surface area (Å²) in [5.41, 5.74) is 1.01. The average molecular weight is 277 g/mol.